The van der Waals surface area contributed by atoms with Gasteiger partial charge in [0.25, 0.3) is 5.89 Å². The zero-order valence-electron chi connectivity index (χ0n) is 16.5. The van der Waals surface area contributed by atoms with Crippen LogP contribution in [0.25, 0.3) is 23.1 Å². The summed E-state index contributed by atoms with van der Waals surface area (Å²) in [5, 5.41) is 8.28. The second-order valence-electron chi connectivity index (χ2n) is 6.82. The smallest absolute Gasteiger partial charge is 0.454 e. The number of hydrogen-bond donors (Lipinski definition) is 0. The lowest BCUT2D eigenvalue weighted by atomic mass is 10.2. The molecular weight excluding hydrogens is 431 g/mol. The Kier molecular flexibility index (Phi) is 4.68. The highest BCUT2D eigenvalue weighted by Gasteiger charge is 2.31. The van der Waals surface area contributed by atoms with Crippen LogP contribution in [0, 0.1) is 6.92 Å². The third-order valence-electron chi connectivity index (χ3n) is 4.59. The lowest BCUT2D eigenvalue weighted by Gasteiger charge is -2.08. The first-order chi connectivity index (χ1) is 15.3. The normalized spacial score (nSPS) is 12.9. The Morgan fingerprint density at radius 3 is 2.56 bits per heavy atom. The number of aryl methyl sites for hydroxylation is 1. The van der Waals surface area contributed by atoms with Crippen LogP contribution in [-0.4, -0.2) is 38.1 Å². The van der Waals surface area contributed by atoms with Crippen molar-refractivity contribution in [3.8, 4) is 40.4 Å². The van der Waals surface area contributed by atoms with E-state index in [0.717, 1.165) is 5.56 Å². The predicted molar refractivity (Wildman–Crippen MR) is 102 cm³/mol. The molecule has 0 amide bonds. The first-order valence-electron chi connectivity index (χ1n) is 9.34. The van der Waals surface area contributed by atoms with E-state index in [1.807, 2.05) is 18.2 Å². The number of hydrogen-bond acceptors (Lipinski definition) is 8. The number of aromatic nitrogens is 5. The molecule has 0 atom stereocenters. The molecule has 0 unspecified atom stereocenters. The second-order valence-corrected chi connectivity index (χ2v) is 6.82. The number of alkyl halides is 3. The van der Waals surface area contributed by atoms with E-state index in [1.54, 1.807) is 11.6 Å². The highest BCUT2D eigenvalue weighted by atomic mass is 19.4. The summed E-state index contributed by atoms with van der Waals surface area (Å²) >= 11 is 0. The van der Waals surface area contributed by atoms with Gasteiger partial charge in [-0.1, -0.05) is 11.2 Å². The molecule has 0 fully saturated rings. The Morgan fingerprint density at radius 1 is 1.00 bits per heavy atom. The van der Waals surface area contributed by atoms with Crippen molar-refractivity contribution in [1.82, 2.24) is 24.9 Å². The first kappa shape index (κ1) is 19.8. The summed E-state index contributed by atoms with van der Waals surface area (Å²) in [5.74, 6) is 2.16. The van der Waals surface area contributed by atoms with E-state index in [1.165, 1.54) is 24.3 Å². The number of rotatable bonds is 5. The Hall–Kier alpha value is -4.09. The van der Waals surface area contributed by atoms with Crippen LogP contribution in [0.5, 0.6) is 17.2 Å². The predicted octanol–water partition coefficient (Wildman–Crippen LogP) is 3.98. The van der Waals surface area contributed by atoms with Gasteiger partial charge >= 0.3 is 6.36 Å². The standard InChI is InChI=1S/C20H14F3N5O4/c1-11-24-18(26-28(11)9-12-2-7-15-16(8-12)30-10-29-15)19-25-17(27-32-19)13-3-5-14(6-4-13)31-20(21,22)23/h2-8H,9-10H2,1H3. The number of fused-ring (bicyclic) bond motifs is 1. The van der Waals surface area contributed by atoms with Crippen molar-refractivity contribution < 1.29 is 31.9 Å². The Bertz CT molecular complexity index is 1270. The van der Waals surface area contributed by atoms with Crippen molar-refractivity contribution in [2.24, 2.45) is 0 Å². The van der Waals surface area contributed by atoms with Crippen LogP contribution in [0.2, 0.25) is 0 Å². The highest BCUT2D eigenvalue weighted by Crippen LogP contribution is 2.33. The Morgan fingerprint density at radius 2 is 1.78 bits per heavy atom. The van der Waals surface area contributed by atoms with E-state index < -0.39 is 6.36 Å². The van der Waals surface area contributed by atoms with Crippen LogP contribution in [0.4, 0.5) is 13.2 Å². The molecule has 2 aromatic carbocycles. The fourth-order valence-electron chi connectivity index (χ4n) is 3.11. The molecule has 0 radical (unpaired) electrons. The van der Waals surface area contributed by atoms with Crippen LogP contribution in [-0.2, 0) is 6.54 Å². The lowest BCUT2D eigenvalue weighted by molar-refractivity contribution is -0.274. The van der Waals surface area contributed by atoms with Crippen molar-refractivity contribution >= 4 is 0 Å². The molecule has 1 aliphatic rings. The molecule has 4 aromatic rings. The fourth-order valence-corrected chi connectivity index (χ4v) is 3.11. The molecule has 1 aliphatic heterocycles. The molecule has 12 heteroatoms. The highest BCUT2D eigenvalue weighted by molar-refractivity contribution is 5.57. The summed E-state index contributed by atoms with van der Waals surface area (Å²) in [6, 6.07) is 10.7. The summed E-state index contributed by atoms with van der Waals surface area (Å²) < 4.78 is 58.4. The molecule has 5 rings (SSSR count). The van der Waals surface area contributed by atoms with Gasteiger partial charge in [-0.3, -0.25) is 0 Å². The molecule has 0 saturated carbocycles. The van der Waals surface area contributed by atoms with Gasteiger partial charge in [0.15, 0.2) is 11.5 Å². The minimum absolute atomic E-state index is 0.0863. The second kappa shape index (κ2) is 7.55. The third kappa shape index (κ3) is 4.06. The minimum Gasteiger partial charge on any atom is -0.454 e. The topological polar surface area (TPSA) is 97.3 Å². The lowest BCUT2D eigenvalue weighted by Crippen LogP contribution is -2.16. The maximum absolute atomic E-state index is 12.3. The summed E-state index contributed by atoms with van der Waals surface area (Å²) in [5.41, 5.74) is 1.40. The van der Waals surface area contributed by atoms with Crippen LogP contribution < -0.4 is 14.2 Å². The van der Waals surface area contributed by atoms with Crippen molar-refractivity contribution in [2.75, 3.05) is 6.79 Å². The Labute approximate surface area is 178 Å². The van der Waals surface area contributed by atoms with Gasteiger partial charge in [0.1, 0.15) is 11.6 Å². The molecule has 2 aromatic heterocycles. The summed E-state index contributed by atoms with van der Waals surface area (Å²) in [6.45, 7) is 2.43. The number of halogens is 3. The van der Waals surface area contributed by atoms with E-state index >= 15 is 0 Å². The molecule has 32 heavy (non-hydrogen) atoms. The maximum atomic E-state index is 12.3. The van der Waals surface area contributed by atoms with Gasteiger partial charge in [-0.05, 0) is 48.9 Å². The van der Waals surface area contributed by atoms with E-state index in [-0.39, 0.29) is 30.1 Å². The monoisotopic (exact) mass is 445 g/mol. The number of benzene rings is 2. The molecule has 164 valence electrons. The summed E-state index contributed by atoms with van der Waals surface area (Å²) in [4.78, 5) is 8.61. The minimum atomic E-state index is -4.76. The zero-order valence-corrected chi connectivity index (χ0v) is 16.5. The fraction of sp³-hybridized carbons (Fsp3) is 0.200. The van der Waals surface area contributed by atoms with Crippen LogP contribution in [0.1, 0.15) is 11.4 Å². The van der Waals surface area contributed by atoms with Gasteiger partial charge in [-0.25, -0.2) is 9.67 Å². The van der Waals surface area contributed by atoms with Crippen LogP contribution in [0.15, 0.2) is 47.0 Å². The third-order valence-corrected chi connectivity index (χ3v) is 4.59. The van der Waals surface area contributed by atoms with E-state index in [9.17, 15) is 13.2 Å². The molecule has 0 bridgehead atoms. The van der Waals surface area contributed by atoms with Crippen LogP contribution >= 0.6 is 0 Å². The van der Waals surface area contributed by atoms with Crippen molar-refractivity contribution in [2.45, 2.75) is 19.8 Å². The van der Waals surface area contributed by atoms with Gasteiger partial charge in [-0.15, -0.1) is 18.3 Å². The average molecular weight is 445 g/mol. The van der Waals surface area contributed by atoms with Crippen molar-refractivity contribution in [3.05, 3.63) is 53.9 Å². The molecule has 0 N–H and O–H groups in total. The number of ether oxygens (including phenoxy) is 3. The quantitative estimate of drug-likeness (QED) is 0.455. The maximum Gasteiger partial charge on any atom is 0.573 e. The molecular formula is C20H14F3N5O4. The van der Waals surface area contributed by atoms with Gasteiger partial charge in [0.2, 0.25) is 18.4 Å². The first-order valence-corrected chi connectivity index (χ1v) is 9.34. The summed E-state index contributed by atoms with van der Waals surface area (Å²) in [7, 11) is 0. The Balaban J connectivity index is 1.33. The van der Waals surface area contributed by atoms with Crippen LogP contribution in [0.3, 0.4) is 0 Å². The number of nitrogens with zero attached hydrogens (tertiary/aromatic N) is 5. The molecule has 0 aliphatic carbocycles. The zero-order chi connectivity index (χ0) is 22.3. The van der Waals surface area contributed by atoms with Crippen molar-refractivity contribution in [3.63, 3.8) is 0 Å². The molecule has 0 saturated heterocycles. The molecule has 3 heterocycles. The van der Waals surface area contributed by atoms with E-state index in [4.69, 9.17) is 14.0 Å². The van der Waals surface area contributed by atoms with Gasteiger partial charge in [0.05, 0.1) is 6.54 Å². The van der Waals surface area contributed by atoms with E-state index in [0.29, 0.717) is 29.4 Å². The largest absolute Gasteiger partial charge is 0.573 e. The van der Waals surface area contributed by atoms with Gasteiger partial charge < -0.3 is 18.7 Å². The molecule has 9 nitrogen and oxygen atoms in total. The summed E-state index contributed by atoms with van der Waals surface area (Å²) in [6.07, 6.45) is -4.76. The molecule has 0 spiro atoms. The van der Waals surface area contributed by atoms with Gasteiger partial charge in [-0.2, -0.15) is 4.98 Å². The van der Waals surface area contributed by atoms with E-state index in [2.05, 4.69) is 25.0 Å². The average Bonchev–Trinajstić information content (AvgIpc) is 3.47. The van der Waals surface area contributed by atoms with Gasteiger partial charge in [0, 0.05) is 5.56 Å². The SMILES string of the molecule is Cc1nc(-c2nc(-c3ccc(OC(F)(F)F)cc3)no2)nn1Cc1ccc2c(c1)OCO2. The van der Waals surface area contributed by atoms with Crippen molar-refractivity contribution in [1.29, 1.82) is 0 Å².